The summed E-state index contributed by atoms with van der Waals surface area (Å²) in [5.41, 5.74) is 11.0. The summed E-state index contributed by atoms with van der Waals surface area (Å²) in [7, 11) is 0. The molecule has 0 amide bonds. The summed E-state index contributed by atoms with van der Waals surface area (Å²) in [6.07, 6.45) is 0.980. The summed E-state index contributed by atoms with van der Waals surface area (Å²) in [5, 5.41) is 1.17. The predicted molar refractivity (Wildman–Crippen MR) is 83.0 cm³/mol. The highest BCUT2D eigenvalue weighted by Crippen LogP contribution is 2.27. The SMILES string of the molecule is Cc1ccc(C)c(Cc2sc(C(C)CN)nc2C)c1. The van der Waals surface area contributed by atoms with E-state index in [0.717, 1.165) is 12.1 Å². The Morgan fingerprint density at radius 3 is 2.68 bits per heavy atom. The Morgan fingerprint density at radius 2 is 2.00 bits per heavy atom. The first kappa shape index (κ1) is 14.2. The number of nitrogens with two attached hydrogens (primary N) is 1. The van der Waals surface area contributed by atoms with Gasteiger partial charge in [-0.05, 0) is 31.9 Å². The molecule has 1 heterocycles. The first-order chi connectivity index (χ1) is 9.01. The van der Waals surface area contributed by atoms with Gasteiger partial charge in [-0.15, -0.1) is 11.3 Å². The predicted octanol–water partition coefficient (Wildman–Crippen LogP) is 3.72. The summed E-state index contributed by atoms with van der Waals surface area (Å²) >= 11 is 1.81. The minimum atomic E-state index is 0.357. The van der Waals surface area contributed by atoms with E-state index in [2.05, 4.69) is 50.9 Å². The molecule has 1 aromatic heterocycles. The van der Waals surface area contributed by atoms with Crippen LogP contribution in [0.1, 0.15) is 45.1 Å². The summed E-state index contributed by atoms with van der Waals surface area (Å²) in [4.78, 5) is 6.03. The van der Waals surface area contributed by atoms with Gasteiger partial charge in [0.15, 0.2) is 0 Å². The van der Waals surface area contributed by atoms with Crippen molar-refractivity contribution in [3.05, 3.63) is 50.5 Å². The van der Waals surface area contributed by atoms with E-state index in [1.54, 1.807) is 0 Å². The van der Waals surface area contributed by atoms with Gasteiger partial charge in [0.05, 0.1) is 10.7 Å². The second kappa shape index (κ2) is 5.85. The van der Waals surface area contributed by atoms with Crippen LogP contribution in [0.15, 0.2) is 18.2 Å². The molecule has 0 fully saturated rings. The zero-order chi connectivity index (χ0) is 14.0. The van der Waals surface area contributed by atoms with E-state index in [0.29, 0.717) is 12.5 Å². The molecule has 0 bridgehead atoms. The Labute approximate surface area is 119 Å². The van der Waals surface area contributed by atoms with Crippen LogP contribution in [0.25, 0.3) is 0 Å². The van der Waals surface area contributed by atoms with Gasteiger partial charge in [0.2, 0.25) is 0 Å². The lowest BCUT2D eigenvalue weighted by Gasteiger charge is -2.06. The molecule has 0 spiro atoms. The van der Waals surface area contributed by atoms with E-state index in [1.807, 2.05) is 11.3 Å². The highest BCUT2D eigenvalue weighted by Gasteiger charge is 2.13. The first-order valence-electron chi connectivity index (χ1n) is 6.73. The van der Waals surface area contributed by atoms with Crippen LogP contribution in [0.2, 0.25) is 0 Å². The van der Waals surface area contributed by atoms with Crippen molar-refractivity contribution in [3.8, 4) is 0 Å². The summed E-state index contributed by atoms with van der Waals surface area (Å²) in [6, 6.07) is 6.64. The van der Waals surface area contributed by atoms with Crippen LogP contribution in [0.4, 0.5) is 0 Å². The number of nitrogens with zero attached hydrogens (tertiary/aromatic N) is 1. The maximum Gasteiger partial charge on any atom is 0.0971 e. The Balaban J connectivity index is 2.28. The minimum absolute atomic E-state index is 0.357. The van der Waals surface area contributed by atoms with Gasteiger partial charge < -0.3 is 5.73 Å². The molecule has 2 aromatic rings. The van der Waals surface area contributed by atoms with Crippen molar-refractivity contribution in [1.29, 1.82) is 0 Å². The number of thiazole rings is 1. The van der Waals surface area contributed by atoms with Gasteiger partial charge in [0.1, 0.15) is 0 Å². The third-order valence-electron chi connectivity index (χ3n) is 3.54. The topological polar surface area (TPSA) is 38.9 Å². The van der Waals surface area contributed by atoms with Gasteiger partial charge in [-0.25, -0.2) is 4.98 Å². The second-order valence-corrected chi connectivity index (χ2v) is 6.42. The van der Waals surface area contributed by atoms with Crippen LogP contribution >= 0.6 is 11.3 Å². The molecule has 0 aliphatic heterocycles. The van der Waals surface area contributed by atoms with Crippen molar-refractivity contribution in [1.82, 2.24) is 4.98 Å². The molecule has 0 radical (unpaired) electrons. The van der Waals surface area contributed by atoms with Crippen molar-refractivity contribution in [2.24, 2.45) is 5.73 Å². The van der Waals surface area contributed by atoms with Crippen LogP contribution in [-0.4, -0.2) is 11.5 Å². The van der Waals surface area contributed by atoms with E-state index in [4.69, 9.17) is 5.73 Å². The molecule has 0 aliphatic rings. The van der Waals surface area contributed by atoms with Gasteiger partial charge in [-0.2, -0.15) is 0 Å². The molecule has 0 aliphatic carbocycles. The van der Waals surface area contributed by atoms with Crippen molar-refractivity contribution < 1.29 is 0 Å². The van der Waals surface area contributed by atoms with Crippen LogP contribution in [0, 0.1) is 20.8 Å². The number of aryl methyl sites for hydroxylation is 3. The average molecular weight is 274 g/mol. The second-order valence-electron chi connectivity index (χ2n) is 5.30. The highest BCUT2D eigenvalue weighted by molar-refractivity contribution is 7.11. The largest absolute Gasteiger partial charge is 0.330 e. The fourth-order valence-corrected chi connectivity index (χ4v) is 3.24. The zero-order valence-corrected chi connectivity index (χ0v) is 13.0. The normalized spacial score (nSPS) is 12.7. The first-order valence-corrected chi connectivity index (χ1v) is 7.55. The molecule has 102 valence electrons. The molecule has 1 aromatic carbocycles. The number of hydrogen-bond donors (Lipinski definition) is 1. The van der Waals surface area contributed by atoms with Gasteiger partial charge in [-0.1, -0.05) is 30.7 Å². The lowest BCUT2D eigenvalue weighted by molar-refractivity contribution is 0.763. The van der Waals surface area contributed by atoms with Crippen LogP contribution in [0.5, 0.6) is 0 Å². The van der Waals surface area contributed by atoms with Crippen molar-refractivity contribution in [3.63, 3.8) is 0 Å². The van der Waals surface area contributed by atoms with Crippen LogP contribution < -0.4 is 5.73 Å². The molecule has 0 saturated heterocycles. The standard InChI is InChI=1S/C16H22N2S/c1-10-5-6-11(2)14(7-10)8-15-13(4)18-16(19-15)12(3)9-17/h5-7,12H,8-9,17H2,1-4H3. The quantitative estimate of drug-likeness (QED) is 0.923. The molecule has 3 heteroatoms. The van der Waals surface area contributed by atoms with E-state index in [-0.39, 0.29) is 0 Å². The van der Waals surface area contributed by atoms with Crippen molar-refractivity contribution in [2.75, 3.05) is 6.54 Å². The lowest BCUT2D eigenvalue weighted by atomic mass is 10.0. The third kappa shape index (κ3) is 3.23. The molecule has 2 nitrogen and oxygen atoms in total. The molecule has 0 saturated carbocycles. The van der Waals surface area contributed by atoms with Crippen LogP contribution in [-0.2, 0) is 6.42 Å². The number of benzene rings is 1. The van der Waals surface area contributed by atoms with Crippen LogP contribution in [0.3, 0.4) is 0 Å². The maximum absolute atomic E-state index is 5.73. The third-order valence-corrected chi connectivity index (χ3v) is 4.93. The highest BCUT2D eigenvalue weighted by atomic mass is 32.1. The maximum atomic E-state index is 5.73. The van der Waals surface area contributed by atoms with E-state index in [9.17, 15) is 0 Å². The van der Waals surface area contributed by atoms with Gasteiger partial charge in [0, 0.05) is 23.8 Å². The Bertz CT molecular complexity index is 572. The minimum Gasteiger partial charge on any atom is -0.330 e. The molecular formula is C16H22N2S. The summed E-state index contributed by atoms with van der Waals surface area (Å²) in [5.74, 6) is 0.357. The number of rotatable bonds is 4. The molecule has 19 heavy (non-hydrogen) atoms. The molecule has 1 atom stereocenters. The fourth-order valence-electron chi connectivity index (χ4n) is 2.09. The zero-order valence-electron chi connectivity index (χ0n) is 12.2. The Hall–Kier alpha value is -1.19. The molecule has 2 rings (SSSR count). The summed E-state index contributed by atoms with van der Waals surface area (Å²) < 4.78 is 0. The fraction of sp³-hybridized carbons (Fsp3) is 0.438. The molecule has 2 N–H and O–H groups in total. The average Bonchev–Trinajstić information content (AvgIpc) is 2.74. The number of hydrogen-bond acceptors (Lipinski definition) is 3. The van der Waals surface area contributed by atoms with E-state index < -0.39 is 0 Å². The van der Waals surface area contributed by atoms with Gasteiger partial charge >= 0.3 is 0 Å². The molecular weight excluding hydrogens is 252 g/mol. The number of aromatic nitrogens is 1. The van der Waals surface area contributed by atoms with E-state index in [1.165, 1.54) is 26.6 Å². The monoisotopic (exact) mass is 274 g/mol. The smallest absolute Gasteiger partial charge is 0.0971 e. The summed E-state index contributed by atoms with van der Waals surface area (Å²) in [6.45, 7) is 9.22. The lowest BCUT2D eigenvalue weighted by Crippen LogP contribution is -2.08. The van der Waals surface area contributed by atoms with Crippen molar-refractivity contribution >= 4 is 11.3 Å². The Kier molecular flexibility index (Phi) is 4.38. The van der Waals surface area contributed by atoms with Crippen molar-refractivity contribution in [2.45, 2.75) is 40.0 Å². The molecule has 1 unspecified atom stereocenters. The van der Waals surface area contributed by atoms with Gasteiger partial charge in [0.25, 0.3) is 0 Å². The Morgan fingerprint density at radius 1 is 1.26 bits per heavy atom. The van der Waals surface area contributed by atoms with E-state index >= 15 is 0 Å². The van der Waals surface area contributed by atoms with Gasteiger partial charge in [-0.3, -0.25) is 0 Å².